The molecule has 3 aromatic rings. The van der Waals surface area contributed by atoms with Gasteiger partial charge in [0.15, 0.2) is 0 Å². The van der Waals surface area contributed by atoms with Gasteiger partial charge in [0.2, 0.25) is 5.78 Å². The van der Waals surface area contributed by atoms with E-state index in [-0.39, 0.29) is 5.71 Å². The minimum atomic E-state index is -0.950. The van der Waals surface area contributed by atoms with Crippen molar-refractivity contribution in [2.24, 2.45) is 0 Å². The molecule has 0 amide bonds. The van der Waals surface area contributed by atoms with E-state index in [0.717, 1.165) is 17.7 Å². The fraction of sp³-hybridized carbons (Fsp3) is 0.241. The first kappa shape index (κ1) is 27.8. The second kappa shape index (κ2) is 14.1. The van der Waals surface area contributed by atoms with Gasteiger partial charge in [-0.3, -0.25) is 10.2 Å². The van der Waals surface area contributed by atoms with E-state index < -0.39 is 17.6 Å². The highest BCUT2D eigenvalue weighted by Crippen LogP contribution is 2.31. The number of thioether (sulfide) groups is 1. The van der Waals surface area contributed by atoms with Gasteiger partial charge in [0.1, 0.15) is 29.1 Å². The maximum atomic E-state index is 13.8. The summed E-state index contributed by atoms with van der Waals surface area (Å²) in [5.74, 6) is 1.27. The van der Waals surface area contributed by atoms with E-state index in [4.69, 9.17) is 14.9 Å². The SMILES string of the molecule is CN/C=C(\C(=N)C(=O)C(Nc1cc(OC)cc(OCCCSC)c1)c1ccc(F)cc1)c1ccccc1. The topological polar surface area (TPSA) is 83.4 Å². The Bertz CT molecular complexity index is 1220. The molecule has 0 saturated carbocycles. The van der Waals surface area contributed by atoms with Crippen molar-refractivity contribution in [1.29, 1.82) is 5.41 Å². The van der Waals surface area contributed by atoms with Gasteiger partial charge in [-0.05, 0) is 41.7 Å². The molecule has 8 heteroatoms. The zero-order valence-corrected chi connectivity index (χ0v) is 22.0. The van der Waals surface area contributed by atoms with Crippen molar-refractivity contribution in [3.8, 4) is 11.5 Å². The fourth-order valence-electron chi connectivity index (χ4n) is 3.71. The minimum absolute atomic E-state index is 0.182. The highest BCUT2D eigenvalue weighted by Gasteiger charge is 2.27. The van der Waals surface area contributed by atoms with E-state index in [1.807, 2.05) is 36.6 Å². The van der Waals surface area contributed by atoms with Gasteiger partial charge in [0, 0.05) is 42.7 Å². The van der Waals surface area contributed by atoms with Gasteiger partial charge in [-0.1, -0.05) is 42.5 Å². The number of hydrogen-bond donors (Lipinski definition) is 3. The number of ether oxygens (including phenoxy) is 2. The molecule has 3 N–H and O–H groups in total. The number of nitrogens with one attached hydrogen (secondary N) is 3. The normalized spacial score (nSPS) is 11.9. The Kier molecular flexibility index (Phi) is 10.6. The van der Waals surface area contributed by atoms with Crippen LogP contribution in [0.4, 0.5) is 10.1 Å². The molecule has 0 aliphatic heterocycles. The van der Waals surface area contributed by atoms with Crippen LogP contribution in [0.2, 0.25) is 0 Å². The van der Waals surface area contributed by atoms with Crippen molar-refractivity contribution in [1.82, 2.24) is 5.32 Å². The quantitative estimate of drug-likeness (QED) is 0.179. The lowest BCUT2D eigenvalue weighted by atomic mass is 9.92. The molecule has 0 saturated heterocycles. The molecule has 1 atom stereocenters. The summed E-state index contributed by atoms with van der Waals surface area (Å²) in [5, 5.41) is 15.0. The molecule has 0 bridgehead atoms. The van der Waals surface area contributed by atoms with Gasteiger partial charge in [-0.2, -0.15) is 11.8 Å². The predicted molar refractivity (Wildman–Crippen MR) is 150 cm³/mol. The third-order valence-corrected chi connectivity index (χ3v) is 6.24. The summed E-state index contributed by atoms with van der Waals surface area (Å²) in [7, 11) is 3.27. The molecule has 6 nitrogen and oxygen atoms in total. The van der Waals surface area contributed by atoms with Gasteiger partial charge in [0.25, 0.3) is 0 Å². The molecule has 194 valence electrons. The maximum absolute atomic E-state index is 13.8. The lowest BCUT2D eigenvalue weighted by molar-refractivity contribution is -0.113. The summed E-state index contributed by atoms with van der Waals surface area (Å²) in [6.45, 7) is 0.549. The van der Waals surface area contributed by atoms with Crippen LogP contribution in [0.15, 0.2) is 79.0 Å². The first-order valence-corrected chi connectivity index (χ1v) is 13.2. The average molecular weight is 522 g/mol. The monoisotopic (exact) mass is 521 g/mol. The van der Waals surface area contributed by atoms with Crippen molar-refractivity contribution < 1.29 is 18.7 Å². The van der Waals surface area contributed by atoms with Crippen LogP contribution in [-0.4, -0.2) is 44.3 Å². The number of carbonyl (C=O) groups is 1. The molecule has 3 aromatic carbocycles. The van der Waals surface area contributed by atoms with Gasteiger partial charge in [-0.15, -0.1) is 0 Å². The number of ketones is 1. The molecule has 0 aliphatic carbocycles. The van der Waals surface area contributed by atoms with E-state index in [1.165, 1.54) is 12.1 Å². The number of benzene rings is 3. The van der Waals surface area contributed by atoms with Crippen LogP contribution in [-0.2, 0) is 4.79 Å². The average Bonchev–Trinajstić information content (AvgIpc) is 2.93. The lowest BCUT2D eigenvalue weighted by Gasteiger charge is -2.22. The Morgan fingerprint density at radius 1 is 1.08 bits per heavy atom. The number of methoxy groups -OCH3 is 1. The highest BCUT2D eigenvalue weighted by molar-refractivity contribution is 7.98. The van der Waals surface area contributed by atoms with Gasteiger partial charge >= 0.3 is 0 Å². The molecule has 0 heterocycles. The number of Topliss-reactive ketones (excluding diaryl/α,β-unsaturated/α-hetero) is 1. The maximum Gasteiger partial charge on any atom is 0.207 e. The Morgan fingerprint density at radius 3 is 2.43 bits per heavy atom. The molecule has 0 aromatic heterocycles. The van der Waals surface area contributed by atoms with Crippen molar-refractivity contribution >= 4 is 34.5 Å². The number of allylic oxidation sites excluding steroid dienone is 1. The third-order valence-electron chi connectivity index (χ3n) is 5.54. The lowest BCUT2D eigenvalue weighted by Crippen LogP contribution is -2.29. The molecule has 3 rings (SSSR count). The van der Waals surface area contributed by atoms with E-state index in [9.17, 15) is 9.18 Å². The Labute approximate surface area is 221 Å². The number of carbonyl (C=O) groups excluding carboxylic acids is 1. The molecule has 1 unspecified atom stereocenters. The Balaban J connectivity index is 1.96. The largest absolute Gasteiger partial charge is 0.497 e. The molecule has 37 heavy (non-hydrogen) atoms. The van der Waals surface area contributed by atoms with Gasteiger partial charge < -0.3 is 20.1 Å². The van der Waals surface area contributed by atoms with Crippen molar-refractivity contribution in [2.45, 2.75) is 12.5 Å². The third kappa shape index (κ3) is 7.85. The second-order valence-corrected chi connectivity index (χ2v) is 9.16. The van der Waals surface area contributed by atoms with E-state index in [1.54, 1.807) is 62.5 Å². The van der Waals surface area contributed by atoms with E-state index >= 15 is 0 Å². The first-order valence-electron chi connectivity index (χ1n) is 11.9. The van der Waals surface area contributed by atoms with Crippen molar-refractivity contribution in [3.63, 3.8) is 0 Å². The Hall–Kier alpha value is -3.78. The first-order chi connectivity index (χ1) is 18.0. The summed E-state index contributed by atoms with van der Waals surface area (Å²) in [6, 6.07) is 19.3. The van der Waals surface area contributed by atoms with Crippen LogP contribution in [0.3, 0.4) is 0 Å². The molecule has 0 spiro atoms. The van der Waals surface area contributed by atoms with Crippen LogP contribution >= 0.6 is 11.8 Å². The number of halogens is 1. The van der Waals surface area contributed by atoms with E-state index in [0.29, 0.717) is 34.9 Å². The summed E-state index contributed by atoms with van der Waals surface area (Å²) in [5.41, 5.74) is 2.10. The van der Waals surface area contributed by atoms with Crippen LogP contribution in [0.25, 0.3) is 5.57 Å². The van der Waals surface area contributed by atoms with Crippen LogP contribution < -0.4 is 20.1 Å². The number of rotatable bonds is 14. The molecular formula is C29H32FN3O3S. The highest BCUT2D eigenvalue weighted by atomic mass is 32.2. The van der Waals surface area contributed by atoms with Crippen LogP contribution in [0.5, 0.6) is 11.5 Å². The number of hydrogen-bond acceptors (Lipinski definition) is 7. The fourth-order valence-corrected chi connectivity index (χ4v) is 4.12. The van der Waals surface area contributed by atoms with Gasteiger partial charge in [0.05, 0.1) is 13.7 Å². The smallest absolute Gasteiger partial charge is 0.207 e. The van der Waals surface area contributed by atoms with E-state index in [2.05, 4.69) is 10.6 Å². The summed E-state index contributed by atoms with van der Waals surface area (Å²) >= 11 is 1.75. The van der Waals surface area contributed by atoms with Crippen molar-refractivity contribution in [2.75, 3.05) is 38.1 Å². The zero-order valence-electron chi connectivity index (χ0n) is 21.2. The van der Waals surface area contributed by atoms with Gasteiger partial charge in [-0.25, -0.2) is 4.39 Å². The second-order valence-electron chi connectivity index (χ2n) is 8.17. The molecular weight excluding hydrogens is 489 g/mol. The molecule has 0 fully saturated rings. The predicted octanol–water partition coefficient (Wildman–Crippen LogP) is 5.97. The summed E-state index contributed by atoms with van der Waals surface area (Å²) in [6.07, 6.45) is 4.57. The minimum Gasteiger partial charge on any atom is -0.497 e. The molecule has 0 aliphatic rings. The zero-order chi connectivity index (χ0) is 26.6. The number of anilines is 1. The molecule has 0 radical (unpaired) electrons. The van der Waals surface area contributed by atoms with Crippen LogP contribution in [0, 0.1) is 11.2 Å². The Morgan fingerprint density at radius 2 is 1.78 bits per heavy atom. The standard InChI is InChI=1S/C29H32FN3O3S/c1-32-19-26(20-8-5-4-6-9-20)27(31)29(34)28(21-10-12-22(30)13-11-21)33-23-16-24(35-2)18-25(17-23)36-14-7-15-37-3/h4-6,8-13,16-19,28,31-33H,7,14-15H2,1-3H3/b26-19-,31-27?. The van der Waals surface area contributed by atoms with Crippen molar-refractivity contribution in [3.05, 3.63) is 95.9 Å². The summed E-state index contributed by atoms with van der Waals surface area (Å²) < 4.78 is 25.1. The van der Waals surface area contributed by atoms with Crippen LogP contribution in [0.1, 0.15) is 23.6 Å². The summed E-state index contributed by atoms with van der Waals surface area (Å²) in [4.78, 5) is 13.8.